The smallest absolute Gasteiger partial charge is 0.0629 e. The van der Waals surface area contributed by atoms with Gasteiger partial charge in [0.05, 0.1) is 5.60 Å². The van der Waals surface area contributed by atoms with Gasteiger partial charge in [-0.15, -0.1) is 0 Å². The second kappa shape index (κ2) is 5.58. The third kappa shape index (κ3) is 4.10. The van der Waals surface area contributed by atoms with E-state index in [1.54, 1.807) is 0 Å². The van der Waals surface area contributed by atoms with E-state index in [2.05, 4.69) is 20.8 Å². The first-order chi connectivity index (χ1) is 5.64. The molecule has 0 aromatic heterocycles. The van der Waals surface area contributed by atoms with Gasteiger partial charge in [0.25, 0.3) is 0 Å². The molecule has 1 fully saturated rings. The van der Waals surface area contributed by atoms with E-state index < -0.39 is 0 Å². The maximum absolute atomic E-state index is 5.60. The predicted octanol–water partition coefficient (Wildman–Crippen LogP) is 3.63. The molecule has 0 aromatic rings. The van der Waals surface area contributed by atoms with Crippen molar-refractivity contribution in [1.29, 1.82) is 0 Å². The molecule has 1 nitrogen and oxygen atoms in total. The van der Waals surface area contributed by atoms with E-state index in [1.165, 1.54) is 19.3 Å². The molecule has 0 spiro atoms. The lowest BCUT2D eigenvalue weighted by molar-refractivity contribution is -0.0727. The molecule has 1 unspecified atom stereocenters. The summed E-state index contributed by atoms with van der Waals surface area (Å²) >= 11 is 0. The van der Waals surface area contributed by atoms with Crippen molar-refractivity contribution in [3.05, 3.63) is 0 Å². The van der Waals surface area contributed by atoms with Gasteiger partial charge < -0.3 is 4.74 Å². The van der Waals surface area contributed by atoms with Gasteiger partial charge in [-0.05, 0) is 32.6 Å². The average Bonchev–Trinajstić information content (AvgIpc) is 2.06. The van der Waals surface area contributed by atoms with Gasteiger partial charge in [-0.3, -0.25) is 0 Å². The summed E-state index contributed by atoms with van der Waals surface area (Å²) in [6, 6.07) is 0. The first-order valence-electron chi connectivity index (χ1n) is 5.28. The lowest BCUT2D eigenvalue weighted by Gasteiger charge is -2.35. The summed E-state index contributed by atoms with van der Waals surface area (Å²) in [5, 5.41) is 0. The Morgan fingerprint density at radius 2 is 1.92 bits per heavy atom. The van der Waals surface area contributed by atoms with Crippen molar-refractivity contribution < 1.29 is 4.74 Å². The zero-order valence-corrected chi connectivity index (χ0v) is 9.31. The van der Waals surface area contributed by atoms with E-state index in [0.29, 0.717) is 0 Å². The van der Waals surface area contributed by atoms with Crippen LogP contribution in [0.5, 0.6) is 0 Å². The van der Waals surface area contributed by atoms with Crippen molar-refractivity contribution in [2.75, 3.05) is 6.61 Å². The summed E-state index contributed by atoms with van der Waals surface area (Å²) in [5.41, 5.74) is 0.152. The highest BCUT2D eigenvalue weighted by Gasteiger charge is 2.27. The molecule has 0 saturated carbocycles. The molecule has 12 heavy (non-hydrogen) atoms. The van der Waals surface area contributed by atoms with Crippen LogP contribution in [0.2, 0.25) is 0 Å². The summed E-state index contributed by atoms with van der Waals surface area (Å²) < 4.78 is 5.60. The molecular weight excluding hydrogens is 148 g/mol. The highest BCUT2D eigenvalue weighted by molar-refractivity contribution is 4.77. The van der Waals surface area contributed by atoms with Crippen molar-refractivity contribution in [2.45, 2.75) is 59.5 Å². The quantitative estimate of drug-likeness (QED) is 0.587. The van der Waals surface area contributed by atoms with Crippen molar-refractivity contribution in [2.24, 2.45) is 5.92 Å². The topological polar surface area (TPSA) is 9.23 Å². The van der Waals surface area contributed by atoms with E-state index >= 15 is 0 Å². The predicted molar refractivity (Wildman–Crippen MR) is 54.4 cm³/mol. The van der Waals surface area contributed by atoms with Crippen molar-refractivity contribution in [3.8, 4) is 0 Å². The molecular formula is C11H24O. The van der Waals surface area contributed by atoms with Gasteiger partial charge >= 0.3 is 0 Å². The lowest BCUT2D eigenvalue weighted by Crippen LogP contribution is -2.33. The molecule has 1 heterocycles. The second-order valence-electron chi connectivity index (χ2n) is 3.88. The van der Waals surface area contributed by atoms with E-state index in [0.717, 1.165) is 12.5 Å². The Bertz CT molecular complexity index is 108. The Kier molecular flexibility index (Phi) is 5.56. The fraction of sp³-hybridized carbons (Fsp3) is 1.00. The number of rotatable bonds is 1. The Labute approximate surface area is 77.5 Å². The number of ether oxygens (including phenoxy) is 1. The fourth-order valence-electron chi connectivity index (χ4n) is 1.71. The van der Waals surface area contributed by atoms with Crippen LogP contribution in [0.3, 0.4) is 0 Å². The second-order valence-corrected chi connectivity index (χ2v) is 3.88. The summed E-state index contributed by atoms with van der Waals surface area (Å²) in [5.74, 6) is 0.906. The van der Waals surface area contributed by atoms with Crippen molar-refractivity contribution in [3.63, 3.8) is 0 Å². The third-order valence-electron chi connectivity index (χ3n) is 2.38. The molecule has 1 rings (SSSR count). The van der Waals surface area contributed by atoms with Crippen molar-refractivity contribution in [1.82, 2.24) is 0 Å². The highest BCUT2D eigenvalue weighted by Crippen LogP contribution is 2.29. The molecule has 1 saturated heterocycles. The van der Waals surface area contributed by atoms with Crippen LogP contribution in [-0.2, 0) is 4.74 Å². The van der Waals surface area contributed by atoms with Gasteiger partial charge in [-0.25, -0.2) is 0 Å². The van der Waals surface area contributed by atoms with Crippen LogP contribution in [-0.4, -0.2) is 12.2 Å². The SMILES string of the molecule is CC.CCC1CCOC(C)(C)C1. The zero-order chi connectivity index (χ0) is 9.61. The minimum atomic E-state index is 0.152. The molecule has 0 N–H and O–H groups in total. The summed E-state index contributed by atoms with van der Waals surface area (Å²) in [7, 11) is 0. The number of hydrogen-bond acceptors (Lipinski definition) is 1. The maximum Gasteiger partial charge on any atom is 0.0629 e. The van der Waals surface area contributed by atoms with Crippen LogP contribution in [0.1, 0.15) is 53.9 Å². The van der Waals surface area contributed by atoms with E-state index in [9.17, 15) is 0 Å². The van der Waals surface area contributed by atoms with Gasteiger partial charge in [0.15, 0.2) is 0 Å². The Balaban J connectivity index is 0.000000561. The van der Waals surface area contributed by atoms with E-state index in [4.69, 9.17) is 4.74 Å². The Morgan fingerprint density at radius 3 is 2.25 bits per heavy atom. The molecule has 1 aliphatic heterocycles. The first-order valence-corrected chi connectivity index (χ1v) is 5.28. The van der Waals surface area contributed by atoms with Crippen LogP contribution >= 0.6 is 0 Å². The fourth-order valence-corrected chi connectivity index (χ4v) is 1.71. The molecule has 0 aliphatic carbocycles. The largest absolute Gasteiger partial charge is 0.376 e. The standard InChI is InChI=1S/C9H18O.C2H6/c1-4-8-5-6-10-9(2,3)7-8;1-2/h8H,4-7H2,1-3H3;1-2H3. The van der Waals surface area contributed by atoms with Crippen molar-refractivity contribution >= 4 is 0 Å². The average molecular weight is 172 g/mol. The minimum Gasteiger partial charge on any atom is -0.376 e. The highest BCUT2D eigenvalue weighted by atomic mass is 16.5. The molecule has 0 radical (unpaired) electrons. The van der Waals surface area contributed by atoms with Gasteiger partial charge in [0.1, 0.15) is 0 Å². The van der Waals surface area contributed by atoms with E-state index in [1.807, 2.05) is 13.8 Å². The lowest BCUT2D eigenvalue weighted by atomic mass is 9.87. The summed E-state index contributed by atoms with van der Waals surface area (Å²) in [4.78, 5) is 0. The normalized spacial score (nSPS) is 27.2. The van der Waals surface area contributed by atoms with Gasteiger partial charge in [0.2, 0.25) is 0 Å². The summed E-state index contributed by atoms with van der Waals surface area (Å²) in [6.07, 6.45) is 3.82. The van der Waals surface area contributed by atoms with Gasteiger partial charge in [-0.1, -0.05) is 27.2 Å². The Morgan fingerprint density at radius 1 is 1.33 bits per heavy atom. The minimum absolute atomic E-state index is 0.152. The monoisotopic (exact) mass is 172 g/mol. The molecule has 0 amide bonds. The van der Waals surface area contributed by atoms with Gasteiger partial charge in [0, 0.05) is 6.61 Å². The van der Waals surface area contributed by atoms with Crippen LogP contribution in [0, 0.1) is 5.92 Å². The Hall–Kier alpha value is -0.0400. The molecule has 1 aliphatic rings. The van der Waals surface area contributed by atoms with E-state index in [-0.39, 0.29) is 5.60 Å². The third-order valence-corrected chi connectivity index (χ3v) is 2.38. The number of hydrogen-bond donors (Lipinski definition) is 0. The molecule has 0 bridgehead atoms. The maximum atomic E-state index is 5.60. The molecule has 1 atom stereocenters. The van der Waals surface area contributed by atoms with Crippen LogP contribution < -0.4 is 0 Å². The first kappa shape index (κ1) is 12.0. The van der Waals surface area contributed by atoms with Gasteiger partial charge in [-0.2, -0.15) is 0 Å². The molecule has 0 aromatic carbocycles. The zero-order valence-electron chi connectivity index (χ0n) is 9.31. The summed E-state index contributed by atoms with van der Waals surface area (Å²) in [6.45, 7) is 11.6. The van der Waals surface area contributed by atoms with Crippen LogP contribution in [0.15, 0.2) is 0 Å². The van der Waals surface area contributed by atoms with Crippen LogP contribution in [0.25, 0.3) is 0 Å². The molecule has 74 valence electrons. The molecule has 1 heteroatoms. The van der Waals surface area contributed by atoms with Crippen LogP contribution in [0.4, 0.5) is 0 Å².